The second kappa shape index (κ2) is 6.58. The molecule has 1 aromatic rings. The molecule has 0 heterocycles. The van der Waals surface area contributed by atoms with Crippen molar-refractivity contribution in [1.29, 1.82) is 0 Å². The standard InChI is InChI=1S/C11H17NO2S/c1-14-5-2-6-15-8-9-3-4-11(13)10(12)7-9/h3-4,7,13H,2,5-6,8,12H2,1H3. The van der Waals surface area contributed by atoms with Gasteiger partial charge in [-0.1, -0.05) is 6.07 Å². The van der Waals surface area contributed by atoms with E-state index >= 15 is 0 Å². The third kappa shape index (κ3) is 4.44. The second-order valence-electron chi connectivity index (χ2n) is 3.29. The van der Waals surface area contributed by atoms with E-state index in [1.54, 1.807) is 13.2 Å². The Labute approximate surface area is 94.6 Å². The Morgan fingerprint density at radius 2 is 2.27 bits per heavy atom. The van der Waals surface area contributed by atoms with Crippen LogP contribution in [0, 0.1) is 0 Å². The molecule has 0 saturated carbocycles. The molecule has 1 rings (SSSR count). The summed E-state index contributed by atoms with van der Waals surface area (Å²) >= 11 is 1.84. The lowest BCUT2D eigenvalue weighted by Gasteiger charge is -2.04. The van der Waals surface area contributed by atoms with Gasteiger partial charge in [0.15, 0.2) is 0 Å². The first kappa shape index (κ1) is 12.2. The van der Waals surface area contributed by atoms with E-state index in [4.69, 9.17) is 10.5 Å². The van der Waals surface area contributed by atoms with Gasteiger partial charge in [0.05, 0.1) is 5.69 Å². The Bertz CT molecular complexity index is 305. The maximum Gasteiger partial charge on any atom is 0.138 e. The number of anilines is 1. The van der Waals surface area contributed by atoms with Crippen molar-refractivity contribution >= 4 is 17.4 Å². The number of thioether (sulfide) groups is 1. The number of rotatable bonds is 6. The first-order valence-corrected chi connectivity index (χ1v) is 6.03. The summed E-state index contributed by atoms with van der Waals surface area (Å²) in [6.07, 6.45) is 1.06. The molecule has 0 aromatic heterocycles. The van der Waals surface area contributed by atoms with Gasteiger partial charge in [-0.05, 0) is 29.9 Å². The van der Waals surface area contributed by atoms with Gasteiger partial charge in [-0.3, -0.25) is 0 Å². The molecular weight excluding hydrogens is 210 g/mol. The van der Waals surface area contributed by atoms with Gasteiger partial charge in [-0.15, -0.1) is 0 Å². The van der Waals surface area contributed by atoms with Crippen molar-refractivity contribution in [2.75, 3.05) is 25.2 Å². The SMILES string of the molecule is COCCCSCc1ccc(O)c(N)c1. The third-order valence-corrected chi connectivity index (χ3v) is 3.11. The molecule has 0 amide bonds. The van der Waals surface area contributed by atoms with Gasteiger partial charge in [0.25, 0.3) is 0 Å². The highest BCUT2D eigenvalue weighted by molar-refractivity contribution is 7.98. The normalized spacial score (nSPS) is 10.5. The van der Waals surface area contributed by atoms with E-state index in [-0.39, 0.29) is 5.75 Å². The topological polar surface area (TPSA) is 55.5 Å². The molecule has 0 aliphatic rings. The Morgan fingerprint density at radius 1 is 1.47 bits per heavy atom. The zero-order chi connectivity index (χ0) is 11.1. The van der Waals surface area contributed by atoms with E-state index in [0.717, 1.165) is 30.1 Å². The average molecular weight is 227 g/mol. The van der Waals surface area contributed by atoms with Crippen molar-refractivity contribution in [1.82, 2.24) is 0 Å². The van der Waals surface area contributed by atoms with E-state index in [1.165, 1.54) is 0 Å². The summed E-state index contributed by atoms with van der Waals surface area (Å²) < 4.78 is 4.96. The summed E-state index contributed by atoms with van der Waals surface area (Å²) in [5.41, 5.74) is 7.19. The van der Waals surface area contributed by atoms with Gasteiger partial charge in [-0.2, -0.15) is 11.8 Å². The molecule has 0 fully saturated rings. The second-order valence-corrected chi connectivity index (χ2v) is 4.40. The molecule has 0 spiro atoms. The largest absolute Gasteiger partial charge is 0.506 e. The van der Waals surface area contributed by atoms with Crippen LogP contribution in [0.15, 0.2) is 18.2 Å². The van der Waals surface area contributed by atoms with Crippen molar-refractivity contribution in [3.63, 3.8) is 0 Å². The fraction of sp³-hybridized carbons (Fsp3) is 0.455. The maximum atomic E-state index is 9.24. The van der Waals surface area contributed by atoms with Crippen molar-refractivity contribution in [3.05, 3.63) is 23.8 Å². The molecule has 0 aliphatic heterocycles. The van der Waals surface area contributed by atoms with Gasteiger partial charge >= 0.3 is 0 Å². The van der Waals surface area contributed by atoms with Crippen molar-refractivity contribution in [2.45, 2.75) is 12.2 Å². The predicted molar refractivity (Wildman–Crippen MR) is 65.2 cm³/mol. The summed E-state index contributed by atoms with van der Waals surface area (Å²) in [5, 5.41) is 9.24. The average Bonchev–Trinajstić information content (AvgIpc) is 2.23. The first-order valence-electron chi connectivity index (χ1n) is 4.88. The molecule has 1 aromatic carbocycles. The van der Waals surface area contributed by atoms with Crippen LogP contribution >= 0.6 is 11.8 Å². The van der Waals surface area contributed by atoms with E-state index in [2.05, 4.69) is 0 Å². The number of hydrogen-bond donors (Lipinski definition) is 2. The molecule has 0 atom stereocenters. The highest BCUT2D eigenvalue weighted by Gasteiger charge is 1.99. The summed E-state index contributed by atoms with van der Waals surface area (Å²) in [5.74, 6) is 2.16. The van der Waals surface area contributed by atoms with Gasteiger partial charge < -0.3 is 15.6 Å². The van der Waals surface area contributed by atoms with Crippen LogP contribution in [0.25, 0.3) is 0 Å². The molecule has 0 unspecified atom stereocenters. The number of aromatic hydroxyl groups is 1. The molecule has 15 heavy (non-hydrogen) atoms. The third-order valence-electron chi connectivity index (χ3n) is 2.00. The number of phenols is 1. The molecule has 4 heteroatoms. The monoisotopic (exact) mass is 227 g/mol. The van der Waals surface area contributed by atoms with Gasteiger partial charge in [0, 0.05) is 19.5 Å². The van der Waals surface area contributed by atoms with Crippen LogP contribution in [-0.4, -0.2) is 24.6 Å². The molecule has 3 N–H and O–H groups in total. The fourth-order valence-corrected chi connectivity index (χ4v) is 2.07. The van der Waals surface area contributed by atoms with Crippen LogP contribution in [-0.2, 0) is 10.5 Å². The van der Waals surface area contributed by atoms with Crippen LogP contribution in [0.1, 0.15) is 12.0 Å². The van der Waals surface area contributed by atoms with Gasteiger partial charge in [0.1, 0.15) is 5.75 Å². The quantitative estimate of drug-likeness (QED) is 0.444. The molecule has 0 bridgehead atoms. The van der Waals surface area contributed by atoms with E-state index in [1.807, 2.05) is 23.9 Å². The summed E-state index contributed by atoms with van der Waals surface area (Å²) in [4.78, 5) is 0. The molecular formula is C11H17NO2S. The Kier molecular flexibility index (Phi) is 5.36. The van der Waals surface area contributed by atoms with Crippen molar-refractivity contribution in [2.24, 2.45) is 0 Å². The van der Waals surface area contributed by atoms with Crippen molar-refractivity contribution < 1.29 is 9.84 Å². The minimum Gasteiger partial charge on any atom is -0.506 e. The minimum absolute atomic E-state index is 0.156. The van der Waals surface area contributed by atoms with E-state index in [0.29, 0.717) is 5.69 Å². The van der Waals surface area contributed by atoms with Crippen molar-refractivity contribution in [3.8, 4) is 5.75 Å². The zero-order valence-corrected chi connectivity index (χ0v) is 9.72. The highest BCUT2D eigenvalue weighted by Crippen LogP contribution is 2.23. The fourth-order valence-electron chi connectivity index (χ4n) is 1.19. The summed E-state index contributed by atoms with van der Waals surface area (Å²) in [7, 11) is 1.71. The van der Waals surface area contributed by atoms with Crippen LogP contribution in [0.4, 0.5) is 5.69 Å². The smallest absolute Gasteiger partial charge is 0.138 e. The van der Waals surface area contributed by atoms with Crippen LogP contribution in [0.5, 0.6) is 5.75 Å². The van der Waals surface area contributed by atoms with Crippen LogP contribution in [0.2, 0.25) is 0 Å². The Morgan fingerprint density at radius 3 is 2.93 bits per heavy atom. The summed E-state index contributed by atoms with van der Waals surface area (Å²) in [6.45, 7) is 0.810. The minimum atomic E-state index is 0.156. The van der Waals surface area contributed by atoms with Gasteiger partial charge in [0.2, 0.25) is 0 Å². The molecule has 0 radical (unpaired) electrons. The lowest BCUT2D eigenvalue weighted by atomic mass is 10.2. The number of hydrogen-bond acceptors (Lipinski definition) is 4. The number of benzene rings is 1. The lowest BCUT2D eigenvalue weighted by molar-refractivity contribution is 0.200. The zero-order valence-electron chi connectivity index (χ0n) is 8.90. The molecule has 84 valence electrons. The number of nitrogen functional groups attached to an aromatic ring is 1. The van der Waals surface area contributed by atoms with E-state index in [9.17, 15) is 5.11 Å². The maximum absolute atomic E-state index is 9.24. The first-order chi connectivity index (χ1) is 7.24. The molecule has 0 aliphatic carbocycles. The summed E-state index contributed by atoms with van der Waals surface area (Å²) in [6, 6.07) is 5.36. The predicted octanol–water partition coefficient (Wildman–Crippen LogP) is 2.24. The highest BCUT2D eigenvalue weighted by atomic mass is 32.2. The lowest BCUT2D eigenvalue weighted by Crippen LogP contribution is -1.92. The van der Waals surface area contributed by atoms with E-state index < -0.39 is 0 Å². The number of phenolic OH excluding ortho intramolecular Hbond substituents is 1. The van der Waals surface area contributed by atoms with Crippen LogP contribution < -0.4 is 5.73 Å². The Hall–Kier alpha value is -0.870. The number of nitrogens with two attached hydrogens (primary N) is 1. The molecule has 0 saturated heterocycles. The number of methoxy groups -OCH3 is 1. The number of ether oxygens (including phenoxy) is 1. The van der Waals surface area contributed by atoms with Crippen LogP contribution in [0.3, 0.4) is 0 Å². The Balaban J connectivity index is 2.28. The molecule has 3 nitrogen and oxygen atoms in total. The van der Waals surface area contributed by atoms with Gasteiger partial charge in [-0.25, -0.2) is 0 Å².